The predicted octanol–water partition coefficient (Wildman–Crippen LogP) is 6.56. The Kier molecular flexibility index (Phi) is 6.52. The molecule has 182 valence electrons. The molecule has 1 atom stereocenters. The summed E-state index contributed by atoms with van der Waals surface area (Å²) in [6, 6.07) is 12.3. The van der Waals surface area contributed by atoms with Crippen LogP contribution in [-0.4, -0.2) is 38.5 Å². The number of rotatable bonds is 6. The largest absolute Gasteiger partial charge is 0.493 e. The van der Waals surface area contributed by atoms with Gasteiger partial charge in [-0.1, -0.05) is 23.9 Å². The van der Waals surface area contributed by atoms with E-state index in [1.807, 2.05) is 18.2 Å². The fourth-order valence-corrected chi connectivity index (χ4v) is 5.85. The number of benzene rings is 2. The normalized spacial score (nSPS) is 20.2. The van der Waals surface area contributed by atoms with Crippen LogP contribution in [0.3, 0.4) is 0 Å². The smallest absolute Gasteiger partial charge is 0.173 e. The van der Waals surface area contributed by atoms with E-state index in [1.165, 1.54) is 21.6 Å². The number of ether oxygens (including phenoxy) is 4. The minimum atomic E-state index is 0.0661. The monoisotopic (exact) mass is 490 g/mol. The average molecular weight is 491 g/mol. The number of hydrogen-bond donors (Lipinski definition) is 0. The van der Waals surface area contributed by atoms with Gasteiger partial charge < -0.3 is 23.8 Å². The zero-order valence-electron chi connectivity index (χ0n) is 20.8. The second kappa shape index (κ2) is 9.74. The van der Waals surface area contributed by atoms with Crippen LogP contribution in [0.4, 0.5) is 0 Å². The van der Waals surface area contributed by atoms with Crippen molar-refractivity contribution in [2.75, 3.05) is 28.4 Å². The van der Waals surface area contributed by atoms with E-state index >= 15 is 0 Å². The van der Waals surface area contributed by atoms with Gasteiger partial charge in [0.15, 0.2) is 28.2 Å². The molecule has 1 aliphatic carbocycles. The Morgan fingerprint density at radius 3 is 2.29 bits per heavy atom. The van der Waals surface area contributed by atoms with Crippen molar-refractivity contribution < 1.29 is 18.9 Å². The Morgan fingerprint density at radius 2 is 1.57 bits per heavy atom. The number of hydrogen-bond acceptors (Lipinski definition) is 7. The molecule has 1 unspecified atom stereocenters. The van der Waals surface area contributed by atoms with Gasteiger partial charge in [-0.2, -0.15) is 0 Å². The second-order valence-corrected chi connectivity index (χ2v) is 9.89. The summed E-state index contributed by atoms with van der Waals surface area (Å²) < 4.78 is 22.1. The Labute approximate surface area is 210 Å². The predicted molar refractivity (Wildman–Crippen MR) is 141 cm³/mol. The minimum Gasteiger partial charge on any atom is -0.493 e. The highest BCUT2D eigenvalue weighted by Crippen LogP contribution is 2.49. The zero-order chi connectivity index (χ0) is 24.5. The number of fused-ring (bicyclic) bond motifs is 1. The molecule has 6 nitrogen and oxygen atoms in total. The van der Waals surface area contributed by atoms with E-state index in [0.29, 0.717) is 0 Å². The minimum absolute atomic E-state index is 0.0661. The Morgan fingerprint density at radius 1 is 0.886 bits per heavy atom. The maximum absolute atomic E-state index is 5.63. The molecule has 5 rings (SSSR count). The van der Waals surface area contributed by atoms with Crippen LogP contribution >= 0.6 is 11.8 Å². The fourth-order valence-electron chi connectivity index (χ4n) is 4.99. The summed E-state index contributed by atoms with van der Waals surface area (Å²) in [5.74, 6) is 2.92. The van der Waals surface area contributed by atoms with Crippen molar-refractivity contribution in [3.63, 3.8) is 0 Å². The summed E-state index contributed by atoms with van der Waals surface area (Å²) in [6.45, 7) is 2.14. The molecule has 2 aromatic carbocycles. The van der Waals surface area contributed by atoms with Gasteiger partial charge in [0.1, 0.15) is 0 Å². The quantitative estimate of drug-likeness (QED) is 0.457. The second-order valence-electron chi connectivity index (χ2n) is 8.67. The molecule has 0 fully saturated rings. The van der Waals surface area contributed by atoms with Gasteiger partial charge in [-0.3, -0.25) is 0 Å². The third-order valence-corrected chi connectivity index (χ3v) is 7.49. The molecule has 0 bridgehead atoms. The summed E-state index contributed by atoms with van der Waals surface area (Å²) in [5, 5.41) is 1.01. The first kappa shape index (κ1) is 23.4. The van der Waals surface area contributed by atoms with Crippen molar-refractivity contribution in [3.05, 3.63) is 75.5 Å². The topological polar surface area (TPSA) is 52.5 Å². The first-order chi connectivity index (χ1) is 17.1. The number of allylic oxidation sites excluding steroid dienone is 2. The van der Waals surface area contributed by atoms with Gasteiger partial charge in [-0.25, -0.2) is 4.99 Å². The lowest BCUT2D eigenvalue weighted by molar-refractivity contribution is 0.352. The molecular weight excluding hydrogens is 460 g/mol. The number of methoxy groups -OCH3 is 4. The third kappa shape index (κ3) is 4.29. The molecule has 0 saturated carbocycles. The van der Waals surface area contributed by atoms with Crippen molar-refractivity contribution in [2.24, 2.45) is 4.99 Å². The summed E-state index contributed by atoms with van der Waals surface area (Å²) >= 11 is 1.72. The summed E-state index contributed by atoms with van der Waals surface area (Å²) in [5.41, 5.74) is 5.94. The molecule has 7 heteroatoms. The molecule has 0 N–H and O–H groups in total. The molecule has 0 aromatic heterocycles. The molecule has 2 heterocycles. The fraction of sp³-hybridized carbons (Fsp3) is 0.321. The lowest BCUT2D eigenvalue weighted by Crippen LogP contribution is -2.32. The number of nitrogens with zero attached hydrogens (tertiary/aromatic N) is 2. The summed E-state index contributed by atoms with van der Waals surface area (Å²) in [7, 11) is 6.67. The van der Waals surface area contributed by atoms with Crippen molar-refractivity contribution in [1.82, 2.24) is 4.90 Å². The van der Waals surface area contributed by atoms with E-state index in [1.54, 1.807) is 40.2 Å². The number of thioether (sulfide) groups is 1. The van der Waals surface area contributed by atoms with Crippen LogP contribution in [0.1, 0.15) is 43.4 Å². The molecular formula is C28H30N2O4S. The molecule has 3 aliphatic rings. The van der Waals surface area contributed by atoms with E-state index in [-0.39, 0.29) is 6.04 Å². The zero-order valence-corrected chi connectivity index (χ0v) is 21.6. The van der Waals surface area contributed by atoms with Crippen molar-refractivity contribution in [2.45, 2.75) is 32.2 Å². The first-order valence-electron chi connectivity index (χ1n) is 11.7. The van der Waals surface area contributed by atoms with Crippen LogP contribution in [0.2, 0.25) is 0 Å². The number of amidine groups is 1. The third-order valence-electron chi connectivity index (χ3n) is 6.58. The average Bonchev–Trinajstić information content (AvgIpc) is 3.26. The standard InChI is InChI=1S/C28H30N2O4S/c1-17-16-30-27(20-10-12-23(32-3)25(15-20)34-5)21-8-6-7-19(26(21)29-28(30)35-17)13-18-9-11-22(31-2)24(14-18)33-4/h9-16,27H,6-8H2,1-5H3/b19-13+. The van der Waals surface area contributed by atoms with Gasteiger partial charge in [0.25, 0.3) is 0 Å². The first-order valence-corrected chi connectivity index (χ1v) is 12.5. The Balaban J connectivity index is 1.62. The van der Waals surface area contributed by atoms with Crippen molar-refractivity contribution in [1.29, 1.82) is 0 Å². The van der Waals surface area contributed by atoms with E-state index in [4.69, 9.17) is 23.9 Å². The van der Waals surface area contributed by atoms with E-state index < -0.39 is 0 Å². The van der Waals surface area contributed by atoms with Gasteiger partial charge in [0.2, 0.25) is 0 Å². The molecule has 2 aliphatic heterocycles. The van der Waals surface area contributed by atoms with Crippen LogP contribution < -0.4 is 18.9 Å². The van der Waals surface area contributed by atoms with Gasteiger partial charge in [-0.05, 0) is 78.8 Å². The van der Waals surface area contributed by atoms with Gasteiger partial charge in [0, 0.05) is 11.1 Å². The van der Waals surface area contributed by atoms with Crippen molar-refractivity contribution >= 4 is 23.0 Å². The lowest BCUT2D eigenvalue weighted by atomic mass is 9.83. The van der Waals surface area contributed by atoms with Crippen LogP contribution in [0.5, 0.6) is 23.0 Å². The maximum Gasteiger partial charge on any atom is 0.173 e. The SMILES string of the molecule is COc1ccc(/C=C2\CCCC3=C2N=C2SC(C)=CN2C3c2ccc(OC)c(OC)c2)cc1OC. The van der Waals surface area contributed by atoms with E-state index in [9.17, 15) is 0 Å². The Hall–Kier alpha value is -3.32. The molecule has 0 amide bonds. The molecule has 0 radical (unpaired) electrons. The van der Waals surface area contributed by atoms with Gasteiger partial charge in [0.05, 0.1) is 40.2 Å². The molecule has 0 saturated heterocycles. The highest BCUT2D eigenvalue weighted by Gasteiger charge is 2.38. The lowest BCUT2D eigenvalue weighted by Gasteiger charge is -2.37. The highest BCUT2D eigenvalue weighted by atomic mass is 32.2. The molecule has 0 spiro atoms. The highest BCUT2D eigenvalue weighted by molar-refractivity contribution is 8.17. The maximum atomic E-state index is 5.63. The Bertz CT molecular complexity index is 1280. The van der Waals surface area contributed by atoms with Crippen LogP contribution in [0, 0.1) is 0 Å². The summed E-state index contributed by atoms with van der Waals surface area (Å²) in [6.07, 6.45) is 7.52. The van der Waals surface area contributed by atoms with E-state index in [0.717, 1.165) is 58.7 Å². The van der Waals surface area contributed by atoms with Crippen molar-refractivity contribution in [3.8, 4) is 23.0 Å². The number of aliphatic imine (C=N–C) groups is 1. The van der Waals surface area contributed by atoms with Gasteiger partial charge >= 0.3 is 0 Å². The van der Waals surface area contributed by atoms with Crippen LogP contribution in [0.25, 0.3) is 6.08 Å². The van der Waals surface area contributed by atoms with Crippen LogP contribution in [-0.2, 0) is 0 Å². The van der Waals surface area contributed by atoms with Gasteiger partial charge in [-0.15, -0.1) is 0 Å². The van der Waals surface area contributed by atoms with E-state index in [2.05, 4.69) is 42.3 Å². The molecule has 35 heavy (non-hydrogen) atoms. The molecule has 2 aromatic rings. The summed E-state index contributed by atoms with van der Waals surface area (Å²) in [4.78, 5) is 8.72. The van der Waals surface area contributed by atoms with Crippen LogP contribution in [0.15, 0.2) is 69.3 Å².